The van der Waals surface area contributed by atoms with Gasteiger partial charge in [-0.05, 0) is 40.4 Å². The summed E-state index contributed by atoms with van der Waals surface area (Å²) in [7, 11) is 0. The van der Waals surface area contributed by atoms with Crippen molar-refractivity contribution in [2.45, 2.75) is 25.3 Å². The molecule has 3 N–H and O–H groups in total. The van der Waals surface area contributed by atoms with Gasteiger partial charge in [-0.1, -0.05) is 12.8 Å². The van der Waals surface area contributed by atoms with Crippen LogP contribution < -0.4 is 11.3 Å². The van der Waals surface area contributed by atoms with Crippen molar-refractivity contribution in [3.05, 3.63) is 28.5 Å². The van der Waals surface area contributed by atoms with Crippen LogP contribution in [0, 0.1) is 5.92 Å². The first-order chi connectivity index (χ1) is 6.79. The predicted octanol–water partition coefficient (Wildman–Crippen LogP) is 2.15. The summed E-state index contributed by atoms with van der Waals surface area (Å²) in [4.78, 5) is 4.34. The zero-order valence-corrected chi connectivity index (χ0v) is 9.50. The van der Waals surface area contributed by atoms with Gasteiger partial charge < -0.3 is 0 Å². The first-order valence-corrected chi connectivity index (χ1v) is 5.66. The lowest BCUT2D eigenvalue weighted by Crippen LogP contribution is -2.29. The molecule has 0 radical (unpaired) electrons. The van der Waals surface area contributed by atoms with E-state index in [2.05, 4.69) is 26.3 Å². The molecule has 3 nitrogen and oxygen atoms in total. The molecule has 14 heavy (non-hydrogen) atoms. The Morgan fingerprint density at radius 3 is 2.86 bits per heavy atom. The Bertz CT molecular complexity index is 295. The molecule has 1 fully saturated rings. The van der Waals surface area contributed by atoms with Crippen molar-refractivity contribution in [1.29, 1.82) is 0 Å². The summed E-state index contributed by atoms with van der Waals surface area (Å²) in [5.41, 5.74) is 3.86. The molecule has 0 saturated heterocycles. The van der Waals surface area contributed by atoms with Gasteiger partial charge in [-0.2, -0.15) is 0 Å². The molecule has 0 amide bonds. The molecule has 0 aromatic carbocycles. The van der Waals surface area contributed by atoms with E-state index in [0.717, 1.165) is 22.5 Å². The lowest BCUT2D eigenvalue weighted by atomic mass is 10.1. The van der Waals surface area contributed by atoms with Gasteiger partial charge in [-0.3, -0.25) is 16.3 Å². The Balaban J connectivity index is 2.05. The minimum Gasteiger partial charge on any atom is -0.271 e. The van der Waals surface area contributed by atoms with Crippen molar-refractivity contribution >= 4 is 15.9 Å². The molecule has 1 aromatic rings. The van der Waals surface area contributed by atoms with E-state index < -0.39 is 0 Å². The van der Waals surface area contributed by atoms with E-state index in [4.69, 9.17) is 5.84 Å². The maximum absolute atomic E-state index is 5.52. The third kappa shape index (κ3) is 2.53. The van der Waals surface area contributed by atoms with Crippen molar-refractivity contribution in [2.75, 3.05) is 0 Å². The summed E-state index contributed by atoms with van der Waals surface area (Å²) >= 11 is 3.37. The monoisotopic (exact) mass is 255 g/mol. The first kappa shape index (κ1) is 10.1. The molecule has 1 unspecified atom stereocenters. The van der Waals surface area contributed by atoms with Crippen LogP contribution in [0.5, 0.6) is 0 Å². The highest BCUT2D eigenvalue weighted by Gasteiger charge is 2.26. The number of pyridine rings is 1. The summed E-state index contributed by atoms with van der Waals surface area (Å²) in [6, 6.07) is 4.21. The summed E-state index contributed by atoms with van der Waals surface area (Å²) in [5, 5.41) is 0. The van der Waals surface area contributed by atoms with Gasteiger partial charge >= 0.3 is 0 Å². The Labute approximate surface area is 92.2 Å². The fraction of sp³-hybridized carbons (Fsp3) is 0.500. The molecular weight excluding hydrogens is 242 g/mol. The van der Waals surface area contributed by atoms with Crippen LogP contribution in [0.2, 0.25) is 0 Å². The van der Waals surface area contributed by atoms with Gasteiger partial charge in [0, 0.05) is 10.7 Å². The van der Waals surface area contributed by atoms with Gasteiger partial charge in [0.15, 0.2) is 0 Å². The maximum atomic E-state index is 5.52. The van der Waals surface area contributed by atoms with Crippen LogP contribution in [0.15, 0.2) is 22.8 Å². The molecule has 1 aliphatic carbocycles. The Morgan fingerprint density at radius 1 is 1.57 bits per heavy atom. The van der Waals surface area contributed by atoms with E-state index in [1.807, 2.05) is 18.3 Å². The number of rotatable bonds is 4. The van der Waals surface area contributed by atoms with Crippen molar-refractivity contribution in [3.8, 4) is 0 Å². The summed E-state index contributed by atoms with van der Waals surface area (Å²) in [6.45, 7) is 0. The molecule has 1 saturated carbocycles. The van der Waals surface area contributed by atoms with Crippen LogP contribution in [0.3, 0.4) is 0 Å². The van der Waals surface area contributed by atoms with E-state index in [9.17, 15) is 0 Å². The topological polar surface area (TPSA) is 50.9 Å². The third-order valence-electron chi connectivity index (χ3n) is 2.57. The summed E-state index contributed by atoms with van der Waals surface area (Å²) in [6.07, 6.45) is 5.60. The summed E-state index contributed by atoms with van der Waals surface area (Å²) < 4.78 is 1.00. The summed E-state index contributed by atoms with van der Waals surface area (Å²) in [5.74, 6) is 6.37. The minimum atomic E-state index is 0.204. The van der Waals surface area contributed by atoms with Gasteiger partial charge in [-0.15, -0.1) is 0 Å². The molecule has 4 heteroatoms. The smallest absolute Gasteiger partial charge is 0.0634 e. The molecule has 76 valence electrons. The van der Waals surface area contributed by atoms with E-state index in [0.29, 0.717) is 0 Å². The second-order valence-corrected chi connectivity index (χ2v) is 4.72. The molecule has 2 rings (SSSR count). The van der Waals surface area contributed by atoms with Gasteiger partial charge in [0.05, 0.1) is 11.7 Å². The largest absolute Gasteiger partial charge is 0.271 e. The molecule has 1 atom stereocenters. The lowest BCUT2D eigenvalue weighted by molar-refractivity contribution is 0.477. The van der Waals surface area contributed by atoms with E-state index >= 15 is 0 Å². The molecule has 0 aliphatic heterocycles. The molecule has 1 heterocycles. The van der Waals surface area contributed by atoms with E-state index in [1.54, 1.807) is 0 Å². The van der Waals surface area contributed by atoms with Crippen LogP contribution in [0.25, 0.3) is 0 Å². The SMILES string of the molecule is NNC(CC1CC1)c1ccc(Br)cn1. The second kappa shape index (κ2) is 4.38. The van der Waals surface area contributed by atoms with Crippen LogP contribution in [0.4, 0.5) is 0 Å². The van der Waals surface area contributed by atoms with Gasteiger partial charge in [0.1, 0.15) is 0 Å². The average molecular weight is 256 g/mol. The molecule has 0 spiro atoms. The van der Waals surface area contributed by atoms with Gasteiger partial charge in [0.25, 0.3) is 0 Å². The van der Waals surface area contributed by atoms with Crippen LogP contribution in [-0.2, 0) is 0 Å². The van der Waals surface area contributed by atoms with Crippen molar-refractivity contribution in [2.24, 2.45) is 11.8 Å². The average Bonchev–Trinajstić information content (AvgIpc) is 3.00. The Hall–Kier alpha value is -0.450. The standard InChI is InChI=1S/C10H14BrN3/c11-8-3-4-9(13-6-8)10(14-12)5-7-1-2-7/h3-4,6-7,10,14H,1-2,5,12H2. The highest BCUT2D eigenvalue weighted by Crippen LogP contribution is 2.36. The van der Waals surface area contributed by atoms with Crippen molar-refractivity contribution < 1.29 is 0 Å². The van der Waals surface area contributed by atoms with Crippen LogP contribution in [0.1, 0.15) is 31.0 Å². The molecule has 1 aliphatic rings. The Kier molecular flexibility index (Phi) is 3.15. The number of hydrogen-bond donors (Lipinski definition) is 2. The number of hydrazine groups is 1. The van der Waals surface area contributed by atoms with Crippen molar-refractivity contribution in [1.82, 2.24) is 10.4 Å². The number of halogens is 1. The predicted molar refractivity (Wildman–Crippen MR) is 59.3 cm³/mol. The van der Waals surface area contributed by atoms with Gasteiger partial charge in [-0.25, -0.2) is 0 Å². The first-order valence-electron chi connectivity index (χ1n) is 4.87. The number of hydrogen-bond acceptors (Lipinski definition) is 3. The van der Waals surface area contributed by atoms with E-state index in [-0.39, 0.29) is 6.04 Å². The zero-order chi connectivity index (χ0) is 9.97. The number of nitrogens with zero attached hydrogens (tertiary/aromatic N) is 1. The fourth-order valence-corrected chi connectivity index (χ4v) is 1.79. The number of nitrogens with one attached hydrogen (secondary N) is 1. The molecule has 0 bridgehead atoms. The quantitative estimate of drug-likeness (QED) is 0.641. The van der Waals surface area contributed by atoms with E-state index in [1.165, 1.54) is 12.8 Å². The lowest BCUT2D eigenvalue weighted by Gasteiger charge is -2.14. The van der Waals surface area contributed by atoms with Crippen LogP contribution in [-0.4, -0.2) is 4.98 Å². The number of nitrogens with two attached hydrogens (primary N) is 1. The third-order valence-corrected chi connectivity index (χ3v) is 3.04. The minimum absolute atomic E-state index is 0.204. The van der Waals surface area contributed by atoms with Gasteiger partial charge in [0.2, 0.25) is 0 Å². The molecular formula is C10H14BrN3. The van der Waals surface area contributed by atoms with Crippen molar-refractivity contribution in [3.63, 3.8) is 0 Å². The highest BCUT2D eigenvalue weighted by atomic mass is 79.9. The Morgan fingerprint density at radius 2 is 2.36 bits per heavy atom. The fourth-order valence-electron chi connectivity index (χ4n) is 1.55. The number of aromatic nitrogens is 1. The second-order valence-electron chi connectivity index (χ2n) is 3.80. The highest BCUT2D eigenvalue weighted by molar-refractivity contribution is 9.10. The molecule has 1 aromatic heterocycles. The maximum Gasteiger partial charge on any atom is 0.0634 e. The zero-order valence-electron chi connectivity index (χ0n) is 7.91. The normalized spacial score (nSPS) is 18.1. The van der Waals surface area contributed by atoms with Crippen LogP contribution >= 0.6 is 15.9 Å².